The summed E-state index contributed by atoms with van der Waals surface area (Å²) in [6.07, 6.45) is 1.26. The molecule has 0 radical (unpaired) electrons. The van der Waals surface area contributed by atoms with Gasteiger partial charge in [0.25, 0.3) is 0 Å². The molecule has 3 aromatic rings. The fourth-order valence-electron chi connectivity index (χ4n) is 4.61. The van der Waals surface area contributed by atoms with Gasteiger partial charge in [-0.15, -0.1) is 0 Å². The summed E-state index contributed by atoms with van der Waals surface area (Å²) in [7, 11) is -3.28. The first kappa shape index (κ1) is 27.2. The molecule has 2 aliphatic heterocycles. The molecule has 2 fully saturated rings. The highest BCUT2D eigenvalue weighted by molar-refractivity contribution is 7.95. The standard InChI is InChI=1S/C26H32FN7O4S/c1-2-38-26-31-24(28-19-10-12-34(13-11-19)39(35,36)21-6-4-3-5-7-21)30-25(32-26)29-20-8-9-22(27)23(18-20)33-14-16-37-17-15-33/h3-9,18-19H,2,10-17H2,1H3,(H2-,28,29,30,31,32,35,36)/p+1. The van der Waals surface area contributed by atoms with Crippen molar-refractivity contribution in [1.82, 2.24) is 19.3 Å². The summed E-state index contributed by atoms with van der Waals surface area (Å²) in [5.74, 6) is 0.286. The van der Waals surface area contributed by atoms with E-state index >= 15 is 0 Å². The molecule has 2 aliphatic rings. The van der Waals surface area contributed by atoms with E-state index in [0.717, 1.165) is 0 Å². The van der Waals surface area contributed by atoms with Gasteiger partial charge < -0.3 is 25.0 Å². The third-order valence-electron chi connectivity index (χ3n) is 6.63. The summed E-state index contributed by atoms with van der Waals surface area (Å²) in [5.41, 5.74) is 1.12. The topological polar surface area (TPSA) is 125 Å². The largest absolute Gasteiger partial charge is 0.464 e. The maximum atomic E-state index is 14.6. The second-order valence-corrected chi connectivity index (χ2v) is 11.2. The number of nitrogens with zero attached hydrogens (tertiary/aromatic N) is 5. The fourth-order valence-corrected chi connectivity index (χ4v) is 6.13. The highest BCUT2D eigenvalue weighted by Crippen LogP contribution is 2.28. The zero-order chi connectivity index (χ0) is 27.2. The van der Waals surface area contributed by atoms with Crippen LogP contribution in [-0.2, 0) is 19.3 Å². The lowest BCUT2D eigenvalue weighted by atomic mass is 10.1. The predicted molar refractivity (Wildman–Crippen MR) is 147 cm³/mol. The number of halogens is 1. The van der Waals surface area contributed by atoms with Crippen LogP contribution in [0.2, 0.25) is 0 Å². The van der Waals surface area contributed by atoms with Crippen molar-refractivity contribution in [3.8, 4) is 6.01 Å². The van der Waals surface area contributed by atoms with Gasteiger partial charge in [0, 0.05) is 37.9 Å². The molecular weight excluding hydrogens is 525 g/mol. The van der Waals surface area contributed by atoms with Gasteiger partial charge in [-0.2, -0.15) is 19.5 Å². The zero-order valence-electron chi connectivity index (χ0n) is 21.8. The quantitative estimate of drug-likeness (QED) is 0.334. The molecule has 13 heteroatoms. The van der Waals surface area contributed by atoms with Gasteiger partial charge in [0.2, 0.25) is 16.8 Å². The second kappa shape index (κ2) is 12.2. The normalized spacial score (nSPS) is 18.4. The van der Waals surface area contributed by atoms with E-state index in [1.165, 1.54) is 6.07 Å². The van der Waals surface area contributed by atoms with Crippen LogP contribution in [0.1, 0.15) is 19.8 Å². The molecule has 1 unspecified atom stereocenters. The lowest BCUT2D eigenvalue weighted by molar-refractivity contribution is 0.122. The van der Waals surface area contributed by atoms with Crippen molar-refractivity contribution in [1.29, 1.82) is 0 Å². The lowest BCUT2D eigenvalue weighted by Crippen LogP contribution is -2.45. The Morgan fingerprint density at radius 1 is 1.05 bits per heavy atom. The molecule has 1 atom stereocenters. The first-order chi connectivity index (χ1) is 18.9. The third kappa shape index (κ3) is 6.61. The minimum atomic E-state index is -3.28. The summed E-state index contributed by atoms with van der Waals surface area (Å²) in [6, 6.07) is 13.6. The van der Waals surface area contributed by atoms with Gasteiger partial charge in [-0.25, -0.2) is 4.39 Å². The Morgan fingerprint density at radius 2 is 1.77 bits per heavy atom. The molecule has 1 aromatic heterocycles. The van der Waals surface area contributed by atoms with E-state index in [0.29, 0.717) is 81.1 Å². The highest BCUT2D eigenvalue weighted by atomic mass is 32.3. The number of benzene rings is 2. The Morgan fingerprint density at radius 3 is 2.49 bits per heavy atom. The molecule has 2 aromatic carbocycles. The monoisotopic (exact) mass is 558 g/mol. The molecule has 11 nitrogen and oxygen atoms in total. The molecule has 0 amide bonds. The molecule has 2 saturated heterocycles. The van der Waals surface area contributed by atoms with Crippen LogP contribution < -0.4 is 20.3 Å². The van der Waals surface area contributed by atoms with Crippen molar-refractivity contribution in [3.63, 3.8) is 0 Å². The highest BCUT2D eigenvalue weighted by Gasteiger charge is 2.40. The van der Waals surface area contributed by atoms with Crippen LogP contribution in [0.25, 0.3) is 0 Å². The molecule has 3 heterocycles. The van der Waals surface area contributed by atoms with Gasteiger partial charge in [0.15, 0.2) is 0 Å². The molecule has 0 saturated carbocycles. The number of morpholine rings is 1. The van der Waals surface area contributed by atoms with Gasteiger partial charge in [0.05, 0.1) is 25.5 Å². The van der Waals surface area contributed by atoms with Crippen molar-refractivity contribution >= 4 is 33.7 Å². The summed E-state index contributed by atoms with van der Waals surface area (Å²) in [5, 5.41) is 6.47. The summed E-state index contributed by atoms with van der Waals surface area (Å²) < 4.78 is 50.9. The average Bonchev–Trinajstić information content (AvgIpc) is 2.95. The first-order valence-electron chi connectivity index (χ1n) is 13.0. The number of hydrogen-bond donors (Lipinski definition) is 3. The number of anilines is 4. The van der Waals surface area contributed by atoms with Gasteiger partial charge in [0.1, 0.15) is 5.82 Å². The molecule has 208 valence electrons. The van der Waals surface area contributed by atoms with E-state index < -0.39 is 10.4 Å². The Bertz CT molecular complexity index is 1300. The van der Waals surface area contributed by atoms with Gasteiger partial charge in [-0.05, 0) is 54.3 Å². The summed E-state index contributed by atoms with van der Waals surface area (Å²) in [4.78, 5) is 15.6. The average molecular weight is 559 g/mol. The fraction of sp³-hybridized carbons (Fsp3) is 0.423. The van der Waals surface area contributed by atoms with E-state index in [1.54, 1.807) is 40.7 Å². The van der Waals surface area contributed by atoms with E-state index in [-0.39, 0.29) is 23.8 Å². The molecule has 0 aliphatic carbocycles. The van der Waals surface area contributed by atoms with Crippen molar-refractivity contribution in [2.45, 2.75) is 30.7 Å². The van der Waals surface area contributed by atoms with Crippen LogP contribution in [-0.4, -0.2) is 75.9 Å². The van der Waals surface area contributed by atoms with E-state index in [4.69, 9.17) is 9.47 Å². The van der Waals surface area contributed by atoms with Crippen molar-refractivity contribution in [2.24, 2.45) is 0 Å². The number of aromatic nitrogens is 3. The van der Waals surface area contributed by atoms with Crippen molar-refractivity contribution in [2.75, 3.05) is 61.5 Å². The van der Waals surface area contributed by atoms with Crippen molar-refractivity contribution in [3.05, 3.63) is 54.3 Å². The van der Waals surface area contributed by atoms with E-state index in [2.05, 4.69) is 25.6 Å². The van der Waals surface area contributed by atoms with Crippen LogP contribution in [0.15, 0.2) is 53.4 Å². The Hall–Kier alpha value is -3.39. The Balaban J connectivity index is 1.27. The van der Waals surface area contributed by atoms with Crippen LogP contribution >= 0.6 is 0 Å². The molecule has 39 heavy (non-hydrogen) atoms. The number of ether oxygens (including phenoxy) is 2. The molecule has 5 rings (SSSR count). The minimum absolute atomic E-state index is 0.00399. The van der Waals surface area contributed by atoms with Crippen LogP contribution in [0.4, 0.5) is 27.7 Å². The summed E-state index contributed by atoms with van der Waals surface area (Å²) >= 11 is 0. The number of nitrogens with one attached hydrogen (secondary N) is 2. The molecular formula is C26H33FN7O4S+. The molecule has 3 N–H and O–H groups in total. The maximum absolute atomic E-state index is 14.6. The molecule has 0 bridgehead atoms. The third-order valence-corrected chi connectivity index (χ3v) is 8.58. The number of piperidine rings is 1. The van der Waals surface area contributed by atoms with Gasteiger partial charge in [-0.3, -0.25) is 0 Å². The number of hydrogen-bond acceptors (Lipinski definition) is 9. The van der Waals surface area contributed by atoms with E-state index in [1.807, 2.05) is 17.9 Å². The molecule has 0 spiro atoms. The predicted octanol–water partition coefficient (Wildman–Crippen LogP) is 3.81. The summed E-state index contributed by atoms with van der Waals surface area (Å²) in [6.45, 7) is 5.44. The minimum Gasteiger partial charge on any atom is -0.464 e. The SMILES string of the molecule is CCOc1nc(Nc2ccc(F)c(N3CCOCC3)c2)nc(NC2CCN([S+](=O)(O)c3ccccc3)CC2)n1. The lowest BCUT2D eigenvalue weighted by Gasteiger charge is -2.29. The smallest absolute Gasteiger partial charge is 0.325 e. The van der Waals surface area contributed by atoms with Crippen LogP contribution in [0, 0.1) is 5.82 Å². The van der Waals surface area contributed by atoms with Crippen LogP contribution in [0.3, 0.4) is 0 Å². The van der Waals surface area contributed by atoms with Gasteiger partial charge >= 0.3 is 16.4 Å². The Kier molecular flexibility index (Phi) is 8.50. The zero-order valence-corrected chi connectivity index (χ0v) is 22.6. The van der Waals surface area contributed by atoms with E-state index in [9.17, 15) is 13.2 Å². The maximum Gasteiger partial charge on any atom is 0.325 e. The Labute approximate surface area is 228 Å². The van der Waals surface area contributed by atoms with Crippen LogP contribution in [0.5, 0.6) is 6.01 Å². The van der Waals surface area contributed by atoms with Crippen molar-refractivity contribution < 1.29 is 22.6 Å². The number of rotatable bonds is 9. The first-order valence-corrected chi connectivity index (χ1v) is 14.5. The second-order valence-electron chi connectivity index (χ2n) is 9.25. The van der Waals surface area contributed by atoms with Gasteiger partial charge in [-0.1, -0.05) is 22.5 Å².